The van der Waals surface area contributed by atoms with Crippen LogP contribution in [0.25, 0.3) is 0 Å². The molecule has 0 aromatic carbocycles. The average Bonchev–Trinajstić information content (AvgIpc) is 2.41. The van der Waals surface area contributed by atoms with Crippen molar-refractivity contribution in [3.8, 4) is 6.07 Å². The summed E-state index contributed by atoms with van der Waals surface area (Å²) in [4.78, 5) is 8.48. The highest BCUT2D eigenvalue weighted by molar-refractivity contribution is 5.44. The molecule has 0 saturated carbocycles. The molecule has 0 aliphatic heterocycles. The van der Waals surface area contributed by atoms with Gasteiger partial charge in [0.15, 0.2) is 11.5 Å². The average molecular weight is 188 g/mol. The maximum Gasteiger partial charge on any atom is 0.183 e. The molecule has 0 saturated heterocycles. The second-order valence-electron chi connectivity index (χ2n) is 3.52. The van der Waals surface area contributed by atoms with E-state index in [9.17, 15) is 0 Å². The third-order valence-corrected chi connectivity index (χ3v) is 2.51. The Kier molecular flexibility index (Phi) is 2.32. The highest BCUT2D eigenvalue weighted by Crippen LogP contribution is 2.19. The zero-order chi connectivity index (χ0) is 9.97. The van der Waals surface area contributed by atoms with Crippen LogP contribution in [0, 0.1) is 11.3 Å². The number of nitriles is 1. The predicted molar refractivity (Wildman–Crippen MR) is 52.4 cm³/mol. The standard InChI is InChI=1S/C10H12N4/c11-6-9-10(12)14-8-5-3-1-2-4-7(8)13-9/h1-5H2,(H2,12,14). The molecule has 0 unspecified atom stereocenters. The van der Waals surface area contributed by atoms with Gasteiger partial charge in [-0.2, -0.15) is 5.26 Å². The van der Waals surface area contributed by atoms with E-state index in [4.69, 9.17) is 11.0 Å². The van der Waals surface area contributed by atoms with E-state index in [-0.39, 0.29) is 11.5 Å². The third-order valence-electron chi connectivity index (χ3n) is 2.51. The van der Waals surface area contributed by atoms with Crippen LogP contribution in [-0.2, 0) is 12.8 Å². The number of aryl methyl sites for hydroxylation is 2. The van der Waals surface area contributed by atoms with E-state index in [1.807, 2.05) is 6.07 Å². The normalized spacial score (nSPS) is 15.4. The second kappa shape index (κ2) is 3.62. The van der Waals surface area contributed by atoms with Crippen molar-refractivity contribution in [2.24, 2.45) is 0 Å². The van der Waals surface area contributed by atoms with Gasteiger partial charge in [-0.1, -0.05) is 6.42 Å². The number of nitrogens with two attached hydrogens (primary N) is 1. The molecule has 72 valence electrons. The number of aromatic nitrogens is 2. The Labute approximate surface area is 82.8 Å². The molecule has 2 rings (SSSR count). The molecule has 4 nitrogen and oxygen atoms in total. The molecule has 1 aromatic rings. The van der Waals surface area contributed by atoms with Crippen LogP contribution in [0.5, 0.6) is 0 Å². The van der Waals surface area contributed by atoms with E-state index in [2.05, 4.69) is 9.97 Å². The molecule has 1 aliphatic rings. The van der Waals surface area contributed by atoms with Gasteiger partial charge in [-0.3, -0.25) is 0 Å². The van der Waals surface area contributed by atoms with Crippen molar-refractivity contribution in [3.63, 3.8) is 0 Å². The van der Waals surface area contributed by atoms with Gasteiger partial charge in [-0.15, -0.1) is 0 Å². The maximum atomic E-state index is 8.76. The highest BCUT2D eigenvalue weighted by Gasteiger charge is 2.13. The Hall–Kier alpha value is -1.63. The summed E-state index contributed by atoms with van der Waals surface area (Å²) in [6, 6.07) is 1.97. The van der Waals surface area contributed by atoms with Crippen LogP contribution < -0.4 is 5.73 Å². The lowest BCUT2D eigenvalue weighted by molar-refractivity contribution is 0.706. The topological polar surface area (TPSA) is 75.6 Å². The van der Waals surface area contributed by atoms with Crippen LogP contribution in [0.2, 0.25) is 0 Å². The summed E-state index contributed by atoms with van der Waals surface area (Å²) in [6.45, 7) is 0. The molecule has 4 heteroatoms. The fraction of sp³-hybridized carbons (Fsp3) is 0.500. The first kappa shape index (κ1) is 8.95. The summed E-state index contributed by atoms with van der Waals surface area (Å²) in [7, 11) is 0. The van der Waals surface area contributed by atoms with Crippen LogP contribution in [0.1, 0.15) is 36.3 Å². The van der Waals surface area contributed by atoms with Gasteiger partial charge in [-0.05, 0) is 25.7 Å². The largest absolute Gasteiger partial charge is 0.381 e. The van der Waals surface area contributed by atoms with E-state index in [1.54, 1.807) is 0 Å². The molecule has 1 aliphatic carbocycles. The van der Waals surface area contributed by atoms with Gasteiger partial charge in [0, 0.05) is 0 Å². The van der Waals surface area contributed by atoms with Crippen molar-refractivity contribution < 1.29 is 0 Å². The molecule has 0 spiro atoms. The van der Waals surface area contributed by atoms with E-state index in [0.717, 1.165) is 37.1 Å². The van der Waals surface area contributed by atoms with Crippen molar-refractivity contribution in [1.29, 1.82) is 5.26 Å². The summed E-state index contributed by atoms with van der Waals surface area (Å²) in [5.41, 5.74) is 7.83. The Morgan fingerprint density at radius 3 is 2.36 bits per heavy atom. The minimum atomic E-state index is 0.269. The van der Waals surface area contributed by atoms with Crippen molar-refractivity contribution in [3.05, 3.63) is 17.1 Å². The summed E-state index contributed by atoms with van der Waals surface area (Å²) in [5.74, 6) is 0.271. The first-order valence-corrected chi connectivity index (χ1v) is 4.86. The molecular weight excluding hydrogens is 176 g/mol. The number of rotatable bonds is 0. The van der Waals surface area contributed by atoms with E-state index < -0.39 is 0 Å². The van der Waals surface area contributed by atoms with Crippen molar-refractivity contribution >= 4 is 5.82 Å². The molecule has 0 amide bonds. The Bertz CT molecular complexity index is 392. The van der Waals surface area contributed by atoms with Gasteiger partial charge in [0.2, 0.25) is 0 Å². The predicted octanol–water partition coefficient (Wildman–Crippen LogP) is 1.20. The van der Waals surface area contributed by atoms with E-state index in [0.29, 0.717) is 0 Å². The number of hydrogen-bond acceptors (Lipinski definition) is 4. The minimum Gasteiger partial charge on any atom is -0.381 e. The van der Waals surface area contributed by atoms with Crippen molar-refractivity contribution in [2.45, 2.75) is 32.1 Å². The van der Waals surface area contributed by atoms with Gasteiger partial charge in [0.1, 0.15) is 6.07 Å². The number of anilines is 1. The lowest BCUT2D eigenvalue weighted by Crippen LogP contribution is -2.06. The molecule has 0 fully saturated rings. The number of hydrogen-bond donors (Lipinski definition) is 1. The summed E-state index contributed by atoms with van der Waals surface area (Å²) < 4.78 is 0. The fourth-order valence-electron chi connectivity index (χ4n) is 1.76. The summed E-state index contributed by atoms with van der Waals surface area (Å²) >= 11 is 0. The van der Waals surface area contributed by atoms with Crippen LogP contribution in [0.15, 0.2) is 0 Å². The van der Waals surface area contributed by atoms with Gasteiger partial charge >= 0.3 is 0 Å². The highest BCUT2D eigenvalue weighted by atomic mass is 14.9. The molecule has 0 radical (unpaired) electrons. The molecule has 14 heavy (non-hydrogen) atoms. The molecule has 1 heterocycles. The second-order valence-corrected chi connectivity index (χ2v) is 3.52. The lowest BCUT2D eigenvalue weighted by atomic mass is 10.2. The minimum absolute atomic E-state index is 0.269. The van der Waals surface area contributed by atoms with Crippen LogP contribution in [0.4, 0.5) is 5.82 Å². The van der Waals surface area contributed by atoms with Crippen LogP contribution >= 0.6 is 0 Å². The van der Waals surface area contributed by atoms with Gasteiger partial charge < -0.3 is 5.73 Å². The first-order chi connectivity index (χ1) is 6.81. The van der Waals surface area contributed by atoms with Gasteiger partial charge in [-0.25, -0.2) is 9.97 Å². The molecular formula is C10H12N4. The zero-order valence-electron chi connectivity index (χ0n) is 7.95. The number of fused-ring (bicyclic) bond motifs is 1. The van der Waals surface area contributed by atoms with Crippen molar-refractivity contribution in [2.75, 3.05) is 5.73 Å². The van der Waals surface area contributed by atoms with Gasteiger partial charge in [0.25, 0.3) is 0 Å². The third kappa shape index (κ3) is 1.53. The Morgan fingerprint density at radius 1 is 1.07 bits per heavy atom. The van der Waals surface area contributed by atoms with Crippen molar-refractivity contribution in [1.82, 2.24) is 9.97 Å². The molecule has 2 N–H and O–H groups in total. The summed E-state index contributed by atoms with van der Waals surface area (Å²) in [5, 5.41) is 8.76. The lowest BCUT2D eigenvalue weighted by Gasteiger charge is -2.05. The first-order valence-electron chi connectivity index (χ1n) is 4.86. The monoisotopic (exact) mass is 188 g/mol. The number of nitrogens with zero attached hydrogens (tertiary/aromatic N) is 3. The number of nitrogen functional groups attached to an aromatic ring is 1. The quantitative estimate of drug-likeness (QED) is 0.621. The maximum absolute atomic E-state index is 8.76. The van der Waals surface area contributed by atoms with E-state index >= 15 is 0 Å². The van der Waals surface area contributed by atoms with Gasteiger partial charge in [0.05, 0.1) is 11.4 Å². The zero-order valence-corrected chi connectivity index (χ0v) is 7.95. The molecule has 0 bridgehead atoms. The summed E-state index contributed by atoms with van der Waals surface area (Å²) in [6.07, 6.45) is 5.36. The van der Waals surface area contributed by atoms with Crippen LogP contribution in [-0.4, -0.2) is 9.97 Å². The van der Waals surface area contributed by atoms with E-state index in [1.165, 1.54) is 6.42 Å². The SMILES string of the molecule is N#Cc1nc2c(nc1N)CCCCC2. The Morgan fingerprint density at radius 2 is 1.71 bits per heavy atom. The van der Waals surface area contributed by atoms with Crippen LogP contribution in [0.3, 0.4) is 0 Å². The Balaban J connectivity index is 2.47. The smallest absolute Gasteiger partial charge is 0.183 e. The molecule has 1 aromatic heterocycles. The molecule has 0 atom stereocenters. The fourth-order valence-corrected chi connectivity index (χ4v) is 1.76.